The predicted molar refractivity (Wildman–Crippen MR) is 176 cm³/mol. The van der Waals surface area contributed by atoms with Crippen LogP contribution in [0.15, 0.2) is 24.3 Å². The molecular weight excluding hydrogens is 510 g/mol. The number of hydrogen-bond acceptors (Lipinski definition) is 4. The summed E-state index contributed by atoms with van der Waals surface area (Å²) in [7, 11) is 0. The number of carbonyl (C=O) groups is 1. The summed E-state index contributed by atoms with van der Waals surface area (Å²) in [5.74, 6) is -0.329. The van der Waals surface area contributed by atoms with Crippen molar-refractivity contribution in [1.82, 2.24) is 5.32 Å². The second-order valence-electron chi connectivity index (χ2n) is 12.1. The number of unbranched alkanes of at least 4 members (excludes halogenated alkanes) is 20. The third-order valence-corrected chi connectivity index (χ3v) is 7.99. The summed E-state index contributed by atoms with van der Waals surface area (Å²) in [6.45, 7) is 4.15. The Balaban J connectivity index is 3.77. The van der Waals surface area contributed by atoms with Crippen molar-refractivity contribution < 1.29 is 20.1 Å². The normalized spacial score (nSPS) is 14.2. The molecule has 5 heteroatoms. The first-order chi connectivity index (χ1) is 20.0. The summed E-state index contributed by atoms with van der Waals surface area (Å²) >= 11 is 0. The van der Waals surface area contributed by atoms with Crippen LogP contribution >= 0.6 is 0 Å². The van der Waals surface area contributed by atoms with Crippen molar-refractivity contribution in [1.29, 1.82) is 0 Å². The van der Waals surface area contributed by atoms with E-state index in [2.05, 4.69) is 31.3 Å². The molecule has 0 aliphatic carbocycles. The van der Waals surface area contributed by atoms with Crippen molar-refractivity contribution in [2.45, 2.75) is 193 Å². The smallest absolute Gasteiger partial charge is 0.222 e. The summed E-state index contributed by atoms with van der Waals surface area (Å²) in [4.78, 5) is 12.3. The Bertz CT molecular complexity index is 606. The van der Waals surface area contributed by atoms with Crippen LogP contribution in [0.4, 0.5) is 0 Å². The topological polar surface area (TPSA) is 89.8 Å². The minimum atomic E-state index is -0.946. The lowest BCUT2D eigenvalue weighted by Gasteiger charge is -2.21. The van der Waals surface area contributed by atoms with Crippen molar-refractivity contribution in [2.24, 2.45) is 0 Å². The molecule has 0 heterocycles. The third-order valence-electron chi connectivity index (χ3n) is 7.99. The van der Waals surface area contributed by atoms with Crippen LogP contribution < -0.4 is 5.32 Å². The van der Waals surface area contributed by atoms with Gasteiger partial charge in [0.15, 0.2) is 0 Å². The molecule has 1 amide bonds. The van der Waals surface area contributed by atoms with E-state index in [1.165, 1.54) is 116 Å². The molecule has 0 fully saturated rings. The summed E-state index contributed by atoms with van der Waals surface area (Å²) in [5, 5.41) is 32.8. The van der Waals surface area contributed by atoms with Gasteiger partial charge < -0.3 is 20.6 Å². The largest absolute Gasteiger partial charge is 0.394 e. The van der Waals surface area contributed by atoms with Crippen LogP contribution in [0.5, 0.6) is 0 Å². The third kappa shape index (κ3) is 28.7. The van der Waals surface area contributed by atoms with Gasteiger partial charge in [0, 0.05) is 0 Å². The average molecular weight is 580 g/mol. The molecule has 3 atom stereocenters. The fourth-order valence-electron chi connectivity index (χ4n) is 5.24. The SMILES string of the molecule is CCCCCCCCCCCCCC/C=C/CC/C=C/C(O)C(CO)NC(=O)CC(O)CCCCCCCCCC. The van der Waals surface area contributed by atoms with Gasteiger partial charge in [0.25, 0.3) is 0 Å². The van der Waals surface area contributed by atoms with E-state index < -0.39 is 18.2 Å². The highest BCUT2D eigenvalue weighted by Gasteiger charge is 2.20. The van der Waals surface area contributed by atoms with E-state index in [-0.39, 0.29) is 18.9 Å². The maximum absolute atomic E-state index is 12.3. The number of aliphatic hydroxyl groups excluding tert-OH is 3. The molecule has 3 unspecified atom stereocenters. The number of nitrogens with one attached hydrogen (secondary N) is 1. The Morgan fingerprint density at radius 2 is 1.05 bits per heavy atom. The summed E-state index contributed by atoms with van der Waals surface area (Å²) < 4.78 is 0. The summed E-state index contributed by atoms with van der Waals surface area (Å²) in [5.41, 5.74) is 0. The molecule has 5 nitrogen and oxygen atoms in total. The van der Waals surface area contributed by atoms with Gasteiger partial charge in [-0.15, -0.1) is 0 Å². The Labute approximate surface area is 254 Å². The fraction of sp³-hybridized carbons (Fsp3) is 0.861. The highest BCUT2D eigenvalue weighted by atomic mass is 16.3. The van der Waals surface area contributed by atoms with Crippen LogP contribution in [0.1, 0.15) is 174 Å². The molecule has 0 radical (unpaired) electrons. The first kappa shape index (κ1) is 39.8. The Morgan fingerprint density at radius 3 is 1.56 bits per heavy atom. The maximum atomic E-state index is 12.3. The van der Waals surface area contributed by atoms with E-state index >= 15 is 0 Å². The maximum Gasteiger partial charge on any atom is 0.222 e. The molecule has 0 aromatic heterocycles. The summed E-state index contributed by atoms with van der Waals surface area (Å²) in [6.07, 6.45) is 36.0. The van der Waals surface area contributed by atoms with E-state index in [9.17, 15) is 20.1 Å². The molecule has 0 spiro atoms. The molecule has 0 aliphatic heterocycles. The van der Waals surface area contributed by atoms with Gasteiger partial charge in [0.05, 0.1) is 31.3 Å². The van der Waals surface area contributed by atoms with E-state index in [1.54, 1.807) is 6.08 Å². The molecule has 0 saturated heterocycles. The lowest BCUT2D eigenvalue weighted by atomic mass is 10.0. The van der Waals surface area contributed by atoms with Crippen molar-refractivity contribution >= 4 is 5.91 Å². The first-order valence-electron chi connectivity index (χ1n) is 17.6. The minimum absolute atomic E-state index is 0.00736. The molecule has 0 aromatic carbocycles. The van der Waals surface area contributed by atoms with Crippen LogP contribution in [0.2, 0.25) is 0 Å². The Hall–Kier alpha value is -1.17. The van der Waals surface area contributed by atoms with Gasteiger partial charge >= 0.3 is 0 Å². The van der Waals surface area contributed by atoms with Crippen LogP contribution in [0.25, 0.3) is 0 Å². The molecular formula is C36H69NO4. The zero-order chi connectivity index (χ0) is 30.2. The molecule has 0 aromatic rings. The average Bonchev–Trinajstić information content (AvgIpc) is 2.96. The molecule has 0 bridgehead atoms. The lowest BCUT2D eigenvalue weighted by molar-refractivity contribution is -0.124. The van der Waals surface area contributed by atoms with E-state index in [1.807, 2.05) is 6.08 Å². The number of rotatable bonds is 31. The van der Waals surface area contributed by atoms with Crippen molar-refractivity contribution in [3.8, 4) is 0 Å². The van der Waals surface area contributed by atoms with E-state index in [0.717, 1.165) is 32.1 Å². The molecule has 242 valence electrons. The molecule has 41 heavy (non-hydrogen) atoms. The number of carbonyl (C=O) groups excluding carboxylic acids is 1. The fourth-order valence-corrected chi connectivity index (χ4v) is 5.24. The van der Waals surface area contributed by atoms with Gasteiger partial charge in [-0.05, 0) is 32.1 Å². The Kier molecular flexibility index (Phi) is 30.9. The standard InChI is InChI=1S/C36H69NO4/c1-3-5-7-9-11-13-14-15-16-17-18-19-20-21-22-24-26-28-30-35(40)34(32-38)37-36(41)31-33(39)29-27-25-23-12-10-8-6-4-2/h21-22,28,30,33-35,38-40H,3-20,23-27,29,31-32H2,1-2H3,(H,37,41)/b22-21+,30-28+. The lowest BCUT2D eigenvalue weighted by Crippen LogP contribution is -2.45. The van der Waals surface area contributed by atoms with Crippen LogP contribution in [0.3, 0.4) is 0 Å². The van der Waals surface area contributed by atoms with Gasteiger partial charge in [0.2, 0.25) is 5.91 Å². The molecule has 4 N–H and O–H groups in total. The quantitative estimate of drug-likeness (QED) is 0.0487. The van der Waals surface area contributed by atoms with Gasteiger partial charge in [0.1, 0.15) is 0 Å². The van der Waals surface area contributed by atoms with Gasteiger partial charge in [-0.3, -0.25) is 4.79 Å². The zero-order valence-corrected chi connectivity index (χ0v) is 27.2. The van der Waals surface area contributed by atoms with Gasteiger partial charge in [-0.2, -0.15) is 0 Å². The van der Waals surface area contributed by atoms with Crippen LogP contribution in [0, 0.1) is 0 Å². The number of allylic oxidation sites excluding steroid dienone is 3. The predicted octanol–water partition coefficient (Wildman–Crippen LogP) is 9.09. The van der Waals surface area contributed by atoms with Crippen molar-refractivity contribution in [3.63, 3.8) is 0 Å². The van der Waals surface area contributed by atoms with Gasteiger partial charge in [-0.1, -0.05) is 160 Å². The first-order valence-corrected chi connectivity index (χ1v) is 17.6. The zero-order valence-electron chi connectivity index (χ0n) is 27.2. The van der Waals surface area contributed by atoms with Crippen molar-refractivity contribution in [2.75, 3.05) is 6.61 Å². The van der Waals surface area contributed by atoms with E-state index in [0.29, 0.717) is 6.42 Å². The highest BCUT2D eigenvalue weighted by molar-refractivity contribution is 5.76. The second kappa shape index (κ2) is 31.8. The number of hydrogen-bond donors (Lipinski definition) is 4. The van der Waals surface area contributed by atoms with Crippen molar-refractivity contribution in [3.05, 3.63) is 24.3 Å². The molecule has 0 saturated carbocycles. The number of amides is 1. The van der Waals surface area contributed by atoms with Crippen LogP contribution in [-0.4, -0.2) is 46.1 Å². The highest BCUT2D eigenvalue weighted by Crippen LogP contribution is 2.14. The monoisotopic (exact) mass is 580 g/mol. The van der Waals surface area contributed by atoms with Crippen LogP contribution in [-0.2, 0) is 4.79 Å². The summed E-state index contributed by atoms with van der Waals surface area (Å²) in [6, 6.07) is -0.754. The number of aliphatic hydroxyl groups is 3. The second-order valence-corrected chi connectivity index (χ2v) is 12.1. The van der Waals surface area contributed by atoms with Gasteiger partial charge in [-0.25, -0.2) is 0 Å². The molecule has 0 rings (SSSR count). The minimum Gasteiger partial charge on any atom is -0.394 e. The Morgan fingerprint density at radius 1 is 0.610 bits per heavy atom. The molecule has 0 aliphatic rings. The van der Waals surface area contributed by atoms with E-state index in [4.69, 9.17) is 0 Å².